The Morgan fingerprint density at radius 2 is 2.07 bits per heavy atom. The van der Waals surface area contributed by atoms with E-state index in [0.29, 0.717) is 24.8 Å². The van der Waals surface area contributed by atoms with Crippen molar-refractivity contribution in [1.82, 2.24) is 20.5 Å². The maximum atomic E-state index is 5.94. The van der Waals surface area contributed by atoms with Crippen molar-refractivity contribution in [2.45, 2.75) is 51.0 Å². The van der Waals surface area contributed by atoms with E-state index in [1.807, 2.05) is 6.20 Å². The number of hydrogen-bond acceptors (Lipinski definition) is 5. The Morgan fingerprint density at radius 1 is 1.25 bits per heavy atom. The molecule has 2 bridgehead atoms. The van der Waals surface area contributed by atoms with Gasteiger partial charge in [0, 0.05) is 38.9 Å². The van der Waals surface area contributed by atoms with Gasteiger partial charge in [0.2, 0.25) is 0 Å². The average Bonchev–Trinajstić information content (AvgIpc) is 3.31. The molecule has 156 valence electrons. The molecule has 1 aromatic rings. The van der Waals surface area contributed by atoms with Gasteiger partial charge in [0.05, 0.1) is 24.8 Å². The first-order chi connectivity index (χ1) is 13.2. The van der Waals surface area contributed by atoms with Crippen LogP contribution in [0.15, 0.2) is 23.3 Å². The molecule has 8 heteroatoms. The highest BCUT2D eigenvalue weighted by atomic mass is 127. The summed E-state index contributed by atoms with van der Waals surface area (Å²) in [6, 6.07) is 4.66. The van der Waals surface area contributed by atoms with Crippen LogP contribution in [0.3, 0.4) is 0 Å². The molecule has 2 N–H and O–H groups in total. The summed E-state index contributed by atoms with van der Waals surface area (Å²) in [5.41, 5.74) is 1.13. The fourth-order valence-electron chi connectivity index (χ4n) is 4.19. The van der Waals surface area contributed by atoms with Gasteiger partial charge < -0.3 is 25.2 Å². The van der Waals surface area contributed by atoms with Crippen molar-refractivity contribution in [1.29, 1.82) is 0 Å². The number of piperazine rings is 1. The largest absolute Gasteiger partial charge is 0.373 e. The van der Waals surface area contributed by atoms with Gasteiger partial charge in [-0.2, -0.15) is 0 Å². The predicted molar refractivity (Wildman–Crippen MR) is 124 cm³/mol. The molecule has 3 aliphatic rings. The molecule has 3 fully saturated rings. The maximum Gasteiger partial charge on any atom is 0.191 e. The molecule has 0 radical (unpaired) electrons. The van der Waals surface area contributed by atoms with Crippen LogP contribution in [0.1, 0.15) is 31.7 Å². The number of anilines is 1. The second kappa shape index (κ2) is 10.1. The first kappa shape index (κ1) is 21.6. The number of likely N-dealkylation sites (N-methyl/N-ethyl adjacent to an activating group) is 1. The van der Waals surface area contributed by atoms with E-state index < -0.39 is 0 Å². The Hall–Kier alpha value is -1.13. The molecule has 0 spiro atoms. The van der Waals surface area contributed by atoms with Crippen LogP contribution in [0.25, 0.3) is 0 Å². The van der Waals surface area contributed by atoms with Crippen LogP contribution in [0, 0.1) is 0 Å². The summed E-state index contributed by atoms with van der Waals surface area (Å²) in [6.07, 6.45) is 6.23. The van der Waals surface area contributed by atoms with E-state index in [9.17, 15) is 0 Å². The lowest BCUT2D eigenvalue weighted by Gasteiger charge is -2.33. The van der Waals surface area contributed by atoms with Crippen LogP contribution >= 0.6 is 24.0 Å². The topological polar surface area (TPSA) is 65.0 Å². The average molecular weight is 500 g/mol. The minimum Gasteiger partial charge on any atom is -0.373 e. The van der Waals surface area contributed by atoms with E-state index in [2.05, 4.69) is 51.5 Å². The fraction of sp³-hybridized carbons (Fsp3) is 0.700. The highest BCUT2D eigenvalue weighted by Crippen LogP contribution is 2.34. The first-order valence-electron chi connectivity index (χ1n) is 10.3. The van der Waals surface area contributed by atoms with Gasteiger partial charge in [-0.3, -0.25) is 0 Å². The number of ether oxygens (including phenoxy) is 1. The zero-order valence-electron chi connectivity index (χ0n) is 16.9. The zero-order chi connectivity index (χ0) is 18.6. The second-order valence-electron chi connectivity index (χ2n) is 7.87. The van der Waals surface area contributed by atoms with Gasteiger partial charge in [-0.1, -0.05) is 6.07 Å². The number of fused-ring (bicyclic) bond motifs is 2. The minimum absolute atomic E-state index is 0. The standard InChI is InChI=1S/C20H32N6O.HI/c1-3-21-20(24-17-12-16-5-6-18(17)27-16)23-14-15-4-7-19(22-13-15)26-10-8-25(2)9-11-26;/h4,7,13,16-18H,3,5-6,8-12,14H2,1-2H3,(H2,21,23,24);1H. The summed E-state index contributed by atoms with van der Waals surface area (Å²) < 4.78 is 5.94. The number of guanidine groups is 1. The number of hydrogen-bond donors (Lipinski definition) is 2. The molecular formula is C20H33IN6O. The van der Waals surface area contributed by atoms with E-state index in [0.717, 1.165) is 56.5 Å². The summed E-state index contributed by atoms with van der Waals surface area (Å²) in [5, 5.41) is 6.92. The van der Waals surface area contributed by atoms with Crippen LogP contribution in [0.5, 0.6) is 0 Å². The Balaban J connectivity index is 0.00000225. The van der Waals surface area contributed by atoms with Gasteiger partial charge in [-0.05, 0) is 44.9 Å². The van der Waals surface area contributed by atoms with Crippen LogP contribution < -0.4 is 15.5 Å². The Morgan fingerprint density at radius 3 is 2.68 bits per heavy atom. The molecule has 0 aromatic carbocycles. The summed E-state index contributed by atoms with van der Waals surface area (Å²) >= 11 is 0. The normalized spacial score (nSPS) is 27.6. The van der Waals surface area contributed by atoms with Crippen molar-refractivity contribution in [3.8, 4) is 0 Å². The van der Waals surface area contributed by atoms with Gasteiger partial charge in [0.25, 0.3) is 0 Å². The van der Waals surface area contributed by atoms with Crippen molar-refractivity contribution in [3.63, 3.8) is 0 Å². The summed E-state index contributed by atoms with van der Waals surface area (Å²) in [4.78, 5) is 14.1. The fourth-order valence-corrected chi connectivity index (χ4v) is 4.19. The molecule has 3 atom stereocenters. The lowest BCUT2D eigenvalue weighted by molar-refractivity contribution is 0.0992. The van der Waals surface area contributed by atoms with Crippen molar-refractivity contribution in [3.05, 3.63) is 23.9 Å². The van der Waals surface area contributed by atoms with Crippen LogP contribution in [0.4, 0.5) is 5.82 Å². The lowest BCUT2D eigenvalue weighted by atomic mass is 9.96. The van der Waals surface area contributed by atoms with Gasteiger partial charge in [-0.15, -0.1) is 24.0 Å². The molecule has 3 aliphatic heterocycles. The number of pyridine rings is 1. The SMILES string of the molecule is CCNC(=NCc1ccc(N2CCN(C)CC2)nc1)NC1CC2CCC1O2.I. The number of nitrogens with one attached hydrogen (secondary N) is 2. The number of aliphatic imine (C=N–C) groups is 1. The van der Waals surface area contributed by atoms with Gasteiger partial charge in [0.15, 0.2) is 5.96 Å². The van der Waals surface area contributed by atoms with Crippen LogP contribution in [-0.2, 0) is 11.3 Å². The Kier molecular flexibility index (Phi) is 7.76. The van der Waals surface area contributed by atoms with Crippen LogP contribution in [0.2, 0.25) is 0 Å². The predicted octanol–water partition coefficient (Wildman–Crippen LogP) is 1.83. The number of aromatic nitrogens is 1. The molecule has 28 heavy (non-hydrogen) atoms. The van der Waals surface area contributed by atoms with E-state index >= 15 is 0 Å². The number of nitrogens with zero attached hydrogens (tertiary/aromatic N) is 4. The molecule has 4 heterocycles. The van der Waals surface area contributed by atoms with Crippen molar-refractivity contribution < 1.29 is 4.74 Å². The maximum absolute atomic E-state index is 5.94. The number of halogens is 1. The third-order valence-electron chi connectivity index (χ3n) is 5.83. The van der Waals surface area contributed by atoms with Gasteiger partial charge in [-0.25, -0.2) is 9.98 Å². The molecule has 0 aliphatic carbocycles. The molecule has 0 saturated carbocycles. The highest BCUT2D eigenvalue weighted by Gasteiger charge is 2.41. The van der Waals surface area contributed by atoms with Gasteiger partial charge >= 0.3 is 0 Å². The molecule has 3 saturated heterocycles. The summed E-state index contributed by atoms with van der Waals surface area (Å²) in [5.74, 6) is 1.95. The molecule has 1 aromatic heterocycles. The van der Waals surface area contributed by atoms with Gasteiger partial charge in [0.1, 0.15) is 5.82 Å². The molecular weight excluding hydrogens is 467 g/mol. The minimum atomic E-state index is 0. The van der Waals surface area contributed by atoms with E-state index in [1.54, 1.807) is 0 Å². The van der Waals surface area contributed by atoms with E-state index in [4.69, 9.17) is 9.73 Å². The van der Waals surface area contributed by atoms with Crippen molar-refractivity contribution in [2.24, 2.45) is 4.99 Å². The highest BCUT2D eigenvalue weighted by molar-refractivity contribution is 14.0. The van der Waals surface area contributed by atoms with Crippen LogP contribution in [-0.4, -0.2) is 73.9 Å². The monoisotopic (exact) mass is 500 g/mol. The summed E-state index contributed by atoms with van der Waals surface area (Å²) in [6.45, 7) is 7.86. The third kappa shape index (κ3) is 5.27. The zero-order valence-corrected chi connectivity index (χ0v) is 19.3. The molecule has 7 nitrogen and oxygen atoms in total. The third-order valence-corrected chi connectivity index (χ3v) is 5.83. The molecule has 0 amide bonds. The van der Waals surface area contributed by atoms with E-state index in [-0.39, 0.29) is 24.0 Å². The Bertz CT molecular complexity index is 647. The smallest absolute Gasteiger partial charge is 0.191 e. The number of rotatable bonds is 5. The quantitative estimate of drug-likeness (QED) is 0.366. The molecule has 3 unspecified atom stereocenters. The summed E-state index contributed by atoms with van der Waals surface area (Å²) in [7, 11) is 2.17. The lowest BCUT2D eigenvalue weighted by Crippen LogP contribution is -2.47. The van der Waals surface area contributed by atoms with Crippen molar-refractivity contribution in [2.75, 3.05) is 44.7 Å². The molecule has 4 rings (SSSR count). The Labute approximate surface area is 185 Å². The first-order valence-corrected chi connectivity index (χ1v) is 10.3. The second-order valence-corrected chi connectivity index (χ2v) is 7.87. The van der Waals surface area contributed by atoms with E-state index in [1.165, 1.54) is 12.8 Å². The van der Waals surface area contributed by atoms with Crippen molar-refractivity contribution >= 4 is 35.8 Å².